The summed E-state index contributed by atoms with van der Waals surface area (Å²) in [6.45, 7) is 0.452. The van der Waals surface area contributed by atoms with Crippen LogP contribution in [0.25, 0.3) is 0 Å². The fourth-order valence-corrected chi connectivity index (χ4v) is 3.44. The van der Waals surface area contributed by atoms with E-state index in [-0.39, 0.29) is 12.3 Å². The number of carboxylic acids is 1. The summed E-state index contributed by atoms with van der Waals surface area (Å²) in [6.07, 6.45) is 5.05. The molecule has 6 nitrogen and oxygen atoms in total. The SMILES string of the molecule is Cn1cnc(CCNC(=O)C2(CC(=O)O)Cc3ccccc3C2)c1. The molecule has 1 aliphatic carbocycles. The van der Waals surface area contributed by atoms with E-state index in [9.17, 15) is 14.7 Å². The maximum absolute atomic E-state index is 12.8. The molecule has 1 aliphatic rings. The predicted molar refractivity (Wildman–Crippen MR) is 88.5 cm³/mol. The van der Waals surface area contributed by atoms with Crippen molar-refractivity contribution in [1.82, 2.24) is 14.9 Å². The number of benzene rings is 1. The standard InChI is InChI=1S/C18H21N3O3/c1-21-11-15(20-12-21)6-7-19-17(24)18(10-16(22)23)8-13-4-2-3-5-14(13)9-18/h2-5,11-12H,6-10H2,1H3,(H,19,24)(H,22,23). The van der Waals surface area contributed by atoms with Gasteiger partial charge in [-0.25, -0.2) is 4.98 Å². The summed E-state index contributed by atoms with van der Waals surface area (Å²) in [5.41, 5.74) is 2.15. The first-order chi connectivity index (χ1) is 11.5. The van der Waals surface area contributed by atoms with Gasteiger partial charge in [-0.15, -0.1) is 0 Å². The first-order valence-corrected chi connectivity index (χ1v) is 8.02. The number of aromatic nitrogens is 2. The molecule has 1 amide bonds. The van der Waals surface area contributed by atoms with Gasteiger partial charge in [0.05, 0.1) is 23.9 Å². The van der Waals surface area contributed by atoms with E-state index in [4.69, 9.17) is 0 Å². The molecule has 0 aliphatic heterocycles. The number of nitrogens with one attached hydrogen (secondary N) is 1. The average molecular weight is 327 g/mol. The van der Waals surface area contributed by atoms with E-state index >= 15 is 0 Å². The first kappa shape index (κ1) is 16.2. The van der Waals surface area contributed by atoms with E-state index in [1.165, 1.54) is 0 Å². The quantitative estimate of drug-likeness (QED) is 0.838. The molecule has 2 aromatic rings. The number of rotatable bonds is 6. The lowest BCUT2D eigenvalue weighted by Gasteiger charge is -2.26. The molecule has 1 aromatic carbocycles. The number of amides is 1. The second-order valence-electron chi connectivity index (χ2n) is 6.51. The van der Waals surface area contributed by atoms with Crippen LogP contribution in [0, 0.1) is 5.41 Å². The molecular weight excluding hydrogens is 306 g/mol. The molecule has 2 N–H and O–H groups in total. The lowest BCUT2D eigenvalue weighted by molar-refractivity contribution is -0.145. The molecule has 126 valence electrons. The van der Waals surface area contributed by atoms with Crippen LogP contribution < -0.4 is 5.32 Å². The molecule has 0 unspecified atom stereocenters. The molecule has 1 aromatic heterocycles. The molecule has 0 fully saturated rings. The van der Waals surface area contributed by atoms with Crippen LogP contribution in [0.15, 0.2) is 36.8 Å². The van der Waals surface area contributed by atoms with Gasteiger partial charge in [-0.3, -0.25) is 9.59 Å². The molecule has 1 heterocycles. The fraction of sp³-hybridized carbons (Fsp3) is 0.389. The molecule has 0 atom stereocenters. The van der Waals surface area contributed by atoms with Crippen molar-refractivity contribution in [2.24, 2.45) is 12.5 Å². The number of hydrogen-bond donors (Lipinski definition) is 2. The molecule has 0 bridgehead atoms. The number of imidazole rings is 1. The number of aliphatic carboxylic acids is 1. The van der Waals surface area contributed by atoms with Crippen molar-refractivity contribution >= 4 is 11.9 Å². The Morgan fingerprint density at radius 1 is 1.29 bits per heavy atom. The number of aryl methyl sites for hydroxylation is 1. The summed E-state index contributed by atoms with van der Waals surface area (Å²) < 4.78 is 1.86. The van der Waals surface area contributed by atoms with Crippen molar-refractivity contribution in [3.8, 4) is 0 Å². The first-order valence-electron chi connectivity index (χ1n) is 8.02. The highest BCUT2D eigenvalue weighted by Gasteiger charge is 2.45. The summed E-state index contributed by atoms with van der Waals surface area (Å²) in [6, 6.07) is 7.80. The smallest absolute Gasteiger partial charge is 0.304 e. The van der Waals surface area contributed by atoms with Gasteiger partial charge in [0.1, 0.15) is 0 Å². The van der Waals surface area contributed by atoms with E-state index in [0.717, 1.165) is 16.8 Å². The zero-order valence-electron chi connectivity index (χ0n) is 13.7. The van der Waals surface area contributed by atoms with Crippen LogP contribution in [-0.2, 0) is 35.9 Å². The third-order valence-electron chi connectivity index (χ3n) is 4.57. The highest BCUT2D eigenvalue weighted by atomic mass is 16.4. The predicted octanol–water partition coefficient (Wildman–Crippen LogP) is 1.34. The lowest BCUT2D eigenvalue weighted by atomic mass is 9.80. The van der Waals surface area contributed by atoms with E-state index in [0.29, 0.717) is 25.8 Å². The third-order valence-corrected chi connectivity index (χ3v) is 4.57. The van der Waals surface area contributed by atoms with Gasteiger partial charge >= 0.3 is 5.97 Å². The normalized spacial score (nSPS) is 15.0. The minimum atomic E-state index is -0.942. The molecule has 0 spiro atoms. The van der Waals surface area contributed by atoms with E-state index < -0.39 is 11.4 Å². The Morgan fingerprint density at radius 3 is 2.50 bits per heavy atom. The zero-order chi connectivity index (χ0) is 17.2. The minimum Gasteiger partial charge on any atom is -0.481 e. The van der Waals surface area contributed by atoms with Gasteiger partial charge < -0.3 is 15.0 Å². The summed E-state index contributed by atoms with van der Waals surface area (Å²) in [7, 11) is 1.90. The number of carbonyl (C=O) groups excluding carboxylic acids is 1. The average Bonchev–Trinajstić information content (AvgIpc) is 3.10. The second kappa shape index (κ2) is 6.47. The monoisotopic (exact) mass is 327 g/mol. The van der Waals surface area contributed by atoms with Crippen LogP contribution in [-0.4, -0.2) is 33.1 Å². The van der Waals surface area contributed by atoms with Gasteiger partial charge in [0.15, 0.2) is 0 Å². The van der Waals surface area contributed by atoms with Crippen LogP contribution >= 0.6 is 0 Å². The van der Waals surface area contributed by atoms with Gasteiger partial charge in [-0.1, -0.05) is 24.3 Å². The summed E-state index contributed by atoms with van der Waals surface area (Å²) in [5, 5.41) is 12.2. The van der Waals surface area contributed by atoms with Gasteiger partial charge in [-0.05, 0) is 24.0 Å². The number of carbonyl (C=O) groups is 2. The summed E-state index contributed by atoms with van der Waals surface area (Å²) in [5.74, 6) is -1.13. The Bertz CT molecular complexity index is 741. The van der Waals surface area contributed by atoms with Crippen molar-refractivity contribution in [3.63, 3.8) is 0 Å². The van der Waals surface area contributed by atoms with Crippen molar-refractivity contribution in [3.05, 3.63) is 53.6 Å². The van der Waals surface area contributed by atoms with Crippen LogP contribution in [0.5, 0.6) is 0 Å². The molecular formula is C18H21N3O3. The fourth-order valence-electron chi connectivity index (χ4n) is 3.44. The van der Waals surface area contributed by atoms with E-state index in [1.807, 2.05) is 42.1 Å². The molecule has 0 saturated carbocycles. The molecule has 0 radical (unpaired) electrons. The number of hydrogen-bond acceptors (Lipinski definition) is 3. The Balaban J connectivity index is 1.68. The van der Waals surface area contributed by atoms with Crippen LogP contribution in [0.2, 0.25) is 0 Å². The number of carboxylic acid groups (broad SMARTS) is 1. The Labute approximate surface area is 140 Å². The van der Waals surface area contributed by atoms with Gasteiger partial charge in [0.25, 0.3) is 0 Å². The van der Waals surface area contributed by atoms with Crippen LogP contribution in [0.4, 0.5) is 0 Å². The van der Waals surface area contributed by atoms with Crippen LogP contribution in [0.3, 0.4) is 0 Å². The largest absolute Gasteiger partial charge is 0.481 e. The van der Waals surface area contributed by atoms with E-state index in [2.05, 4.69) is 10.3 Å². The molecule has 6 heteroatoms. The molecule has 3 rings (SSSR count). The Kier molecular flexibility index (Phi) is 4.38. The highest BCUT2D eigenvalue weighted by Crippen LogP contribution is 2.40. The minimum absolute atomic E-state index is 0.156. The van der Waals surface area contributed by atoms with Crippen molar-refractivity contribution in [2.75, 3.05) is 6.54 Å². The summed E-state index contributed by atoms with van der Waals surface area (Å²) >= 11 is 0. The van der Waals surface area contributed by atoms with Crippen LogP contribution in [0.1, 0.15) is 23.2 Å². The Morgan fingerprint density at radius 2 is 1.96 bits per heavy atom. The third kappa shape index (κ3) is 3.32. The lowest BCUT2D eigenvalue weighted by Crippen LogP contribution is -2.44. The molecule has 24 heavy (non-hydrogen) atoms. The maximum Gasteiger partial charge on any atom is 0.304 e. The molecule has 0 saturated heterocycles. The van der Waals surface area contributed by atoms with Crippen molar-refractivity contribution in [1.29, 1.82) is 0 Å². The topological polar surface area (TPSA) is 84.2 Å². The van der Waals surface area contributed by atoms with Gasteiger partial charge in [0, 0.05) is 26.2 Å². The Hall–Kier alpha value is -2.63. The number of fused-ring (bicyclic) bond motifs is 1. The van der Waals surface area contributed by atoms with Crippen molar-refractivity contribution in [2.45, 2.75) is 25.7 Å². The maximum atomic E-state index is 12.8. The van der Waals surface area contributed by atoms with E-state index in [1.54, 1.807) is 6.33 Å². The van der Waals surface area contributed by atoms with Gasteiger partial charge in [0.2, 0.25) is 5.91 Å². The van der Waals surface area contributed by atoms with Gasteiger partial charge in [-0.2, -0.15) is 0 Å². The number of nitrogens with zero attached hydrogens (tertiary/aromatic N) is 2. The second-order valence-corrected chi connectivity index (χ2v) is 6.51. The van der Waals surface area contributed by atoms with Crippen molar-refractivity contribution < 1.29 is 14.7 Å². The highest BCUT2D eigenvalue weighted by molar-refractivity contribution is 5.88. The summed E-state index contributed by atoms with van der Waals surface area (Å²) in [4.78, 5) is 28.3. The zero-order valence-corrected chi connectivity index (χ0v) is 13.7.